The highest BCUT2D eigenvalue weighted by molar-refractivity contribution is 6.06. The summed E-state index contributed by atoms with van der Waals surface area (Å²) in [7, 11) is 3.18. The SMILES string of the molecule is COc1cccc(C2=NO[C@@H](C(=O)NC3CCCCC3)C2)c1OC. The van der Waals surface area contributed by atoms with E-state index in [1.807, 2.05) is 18.2 Å². The number of para-hydroxylation sites is 1. The second-order valence-corrected chi connectivity index (χ2v) is 6.22. The molecule has 0 spiro atoms. The molecule has 6 nitrogen and oxygen atoms in total. The normalized spacial score (nSPS) is 20.9. The molecule has 1 aromatic carbocycles. The molecule has 0 radical (unpaired) electrons. The number of amides is 1. The summed E-state index contributed by atoms with van der Waals surface area (Å²) >= 11 is 0. The third kappa shape index (κ3) is 3.47. The number of nitrogens with zero attached hydrogens (tertiary/aromatic N) is 1. The third-order valence-electron chi connectivity index (χ3n) is 4.63. The highest BCUT2D eigenvalue weighted by Crippen LogP contribution is 2.33. The van der Waals surface area contributed by atoms with Crippen LogP contribution in [0.15, 0.2) is 23.4 Å². The van der Waals surface area contributed by atoms with E-state index in [2.05, 4.69) is 10.5 Å². The second kappa shape index (κ2) is 7.55. The molecule has 0 saturated heterocycles. The summed E-state index contributed by atoms with van der Waals surface area (Å²) in [4.78, 5) is 17.8. The molecular formula is C18H24N2O4. The molecule has 0 unspecified atom stereocenters. The minimum atomic E-state index is -0.571. The molecule has 1 aliphatic carbocycles. The molecule has 6 heteroatoms. The quantitative estimate of drug-likeness (QED) is 0.900. The average Bonchev–Trinajstić information content (AvgIpc) is 3.12. The molecule has 1 aromatic rings. The van der Waals surface area contributed by atoms with Gasteiger partial charge in [0.2, 0.25) is 6.10 Å². The van der Waals surface area contributed by atoms with Crippen LogP contribution in [0.2, 0.25) is 0 Å². The van der Waals surface area contributed by atoms with Gasteiger partial charge in [-0.3, -0.25) is 4.79 Å². The molecule has 3 rings (SSSR count). The Hall–Kier alpha value is -2.24. The topological polar surface area (TPSA) is 69.2 Å². The molecule has 1 saturated carbocycles. The van der Waals surface area contributed by atoms with Gasteiger partial charge >= 0.3 is 0 Å². The van der Waals surface area contributed by atoms with Gasteiger partial charge < -0.3 is 19.6 Å². The van der Waals surface area contributed by atoms with Gasteiger partial charge in [0.25, 0.3) is 5.91 Å². The van der Waals surface area contributed by atoms with Crippen molar-refractivity contribution in [2.45, 2.75) is 50.7 Å². The molecule has 0 bridgehead atoms. The fraction of sp³-hybridized carbons (Fsp3) is 0.556. The standard InChI is InChI=1S/C18H24N2O4/c1-22-15-10-6-9-13(17(15)23-2)14-11-16(24-20-14)18(21)19-12-7-4-3-5-8-12/h6,9-10,12,16H,3-5,7-8,11H2,1-2H3,(H,19,21)/t16-/m1/s1. The average molecular weight is 332 g/mol. The number of ether oxygens (including phenoxy) is 2. The summed E-state index contributed by atoms with van der Waals surface area (Å²) < 4.78 is 10.7. The number of hydrogen-bond acceptors (Lipinski definition) is 5. The molecule has 1 amide bonds. The lowest BCUT2D eigenvalue weighted by Crippen LogP contribution is -2.42. The van der Waals surface area contributed by atoms with Crippen LogP contribution < -0.4 is 14.8 Å². The Morgan fingerprint density at radius 1 is 1.21 bits per heavy atom. The summed E-state index contributed by atoms with van der Waals surface area (Å²) in [5.41, 5.74) is 1.50. The summed E-state index contributed by atoms with van der Waals surface area (Å²) in [5, 5.41) is 7.20. The van der Waals surface area contributed by atoms with E-state index in [0.717, 1.165) is 18.4 Å². The molecule has 1 N–H and O–H groups in total. The highest BCUT2D eigenvalue weighted by atomic mass is 16.6. The lowest BCUT2D eigenvalue weighted by molar-refractivity contribution is -0.132. The molecular weight excluding hydrogens is 308 g/mol. The van der Waals surface area contributed by atoms with Crippen molar-refractivity contribution in [2.75, 3.05) is 14.2 Å². The van der Waals surface area contributed by atoms with E-state index in [1.54, 1.807) is 14.2 Å². The Morgan fingerprint density at radius 2 is 2.00 bits per heavy atom. The number of hydrogen-bond donors (Lipinski definition) is 1. The minimum absolute atomic E-state index is 0.0810. The zero-order valence-electron chi connectivity index (χ0n) is 14.2. The number of rotatable bonds is 5. The van der Waals surface area contributed by atoms with Crippen LogP contribution in [0.25, 0.3) is 0 Å². The number of carbonyl (C=O) groups excluding carboxylic acids is 1. The van der Waals surface area contributed by atoms with Crippen LogP contribution in [-0.4, -0.2) is 38.0 Å². The second-order valence-electron chi connectivity index (χ2n) is 6.22. The lowest BCUT2D eigenvalue weighted by atomic mass is 9.95. The number of carbonyl (C=O) groups is 1. The number of nitrogens with one attached hydrogen (secondary N) is 1. The molecule has 1 fully saturated rings. The van der Waals surface area contributed by atoms with Gasteiger partial charge in [-0.2, -0.15) is 0 Å². The Labute approximate surface area is 142 Å². The van der Waals surface area contributed by atoms with E-state index in [-0.39, 0.29) is 11.9 Å². The van der Waals surface area contributed by atoms with E-state index in [9.17, 15) is 4.79 Å². The minimum Gasteiger partial charge on any atom is -0.493 e. The maximum absolute atomic E-state index is 12.4. The molecule has 1 aliphatic heterocycles. The summed E-state index contributed by atoms with van der Waals surface area (Å²) in [6.07, 6.45) is 5.58. The van der Waals surface area contributed by atoms with E-state index in [1.165, 1.54) is 19.3 Å². The van der Waals surface area contributed by atoms with Crippen molar-refractivity contribution in [1.82, 2.24) is 5.32 Å². The van der Waals surface area contributed by atoms with Gasteiger partial charge in [0.1, 0.15) is 0 Å². The first-order valence-electron chi connectivity index (χ1n) is 8.47. The van der Waals surface area contributed by atoms with Gasteiger partial charge in [0.05, 0.1) is 19.9 Å². The first-order valence-corrected chi connectivity index (χ1v) is 8.47. The van der Waals surface area contributed by atoms with E-state index in [0.29, 0.717) is 23.6 Å². The van der Waals surface area contributed by atoms with Crippen LogP contribution in [0.4, 0.5) is 0 Å². The number of oxime groups is 1. The van der Waals surface area contributed by atoms with Crippen LogP contribution in [0.5, 0.6) is 11.5 Å². The van der Waals surface area contributed by atoms with Gasteiger partial charge in [0, 0.05) is 18.0 Å². The van der Waals surface area contributed by atoms with Crippen LogP contribution in [0, 0.1) is 0 Å². The lowest BCUT2D eigenvalue weighted by Gasteiger charge is -2.23. The van der Waals surface area contributed by atoms with Gasteiger partial charge in [-0.1, -0.05) is 30.5 Å². The van der Waals surface area contributed by atoms with Crippen molar-refractivity contribution in [2.24, 2.45) is 5.16 Å². The Kier molecular flexibility index (Phi) is 5.23. The summed E-state index contributed by atoms with van der Waals surface area (Å²) in [6, 6.07) is 5.86. The van der Waals surface area contributed by atoms with Gasteiger partial charge in [-0.25, -0.2) is 0 Å². The maximum atomic E-state index is 12.4. The molecule has 0 aromatic heterocycles. The van der Waals surface area contributed by atoms with Gasteiger partial charge in [-0.15, -0.1) is 0 Å². The fourth-order valence-corrected chi connectivity index (χ4v) is 3.33. The monoisotopic (exact) mass is 332 g/mol. The molecule has 2 aliphatic rings. The highest BCUT2D eigenvalue weighted by Gasteiger charge is 2.32. The molecule has 1 atom stereocenters. The van der Waals surface area contributed by atoms with Crippen molar-refractivity contribution >= 4 is 11.6 Å². The van der Waals surface area contributed by atoms with Crippen LogP contribution in [0.3, 0.4) is 0 Å². The van der Waals surface area contributed by atoms with Gasteiger partial charge in [-0.05, 0) is 25.0 Å². The zero-order chi connectivity index (χ0) is 16.9. The van der Waals surface area contributed by atoms with E-state index in [4.69, 9.17) is 14.3 Å². The van der Waals surface area contributed by atoms with Crippen molar-refractivity contribution in [3.8, 4) is 11.5 Å². The zero-order valence-corrected chi connectivity index (χ0v) is 14.2. The first-order chi connectivity index (χ1) is 11.7. The molecule has 130 valence electrons. The predicted octanol–water partition coefficient (Wildman–Crippen LogP) is 2.65. The van der Waals surface area contributed by atoms with Crippen molar-refractivity contribution in [3.05, 3.63) is 23.8 Å². The Morgan fingerprint density at radius 3 is 2.71 bits per heavy atom. The number of benzene rings is 1. The fourth-order valence-electron chi connectivity index (χ4n) is 3.33. The number of methoxy groups -OCH3 is 2. The van der Waals surface area contributed by atoms with Crippen molar-refractivity contribution in [1.29, 1.82) is 0 Å². The molecule has 1 heterocycles. The maximum Gasteiger partial charge on any atom is 0.264 e. The first kappa shape index (κ1) is 16.6. The van der Waals surface area contributed by atoms with Crippen LogP contribution >= 0.6 is 0 Å². The summed E-state index contributed by atoms with van der Waals surface area (Å²) in [5.74, 6) is 1.16. The Bertz CT molecular complexity index is 623. The summed E-state index contributed by atoms with van der Waals surface area (Å²) in [6.45, 7) is 0. The predicted molar refractivity (Wildman–Crippen MR) is 90.6 cm³/mol. The Balaban J connectivity index is 1.65. The van der Waals surface area contributed by atoms with E-state index < -0.39 is 6.10 Å². The van der Waals surface area contributed by atoms with Gasteiger partial charge in [0.15, 0.2) is 11.5 Å². The van der Waals surface area contributed by atoms with Crippen molar-refractivity contribution in [3.63, 3.8) is 0 Å². The van der Waals surface area contributed by atoms with Crippen LogP contribution in [-0.2, 0) is 9.63 Å². The van der Waals surface area contributed by atoms with E-state index >= 15 is 0 Å². The third-order valence-corrected chi connectivity index (χ3v) is 4.63. The molecule has 24 heavy (non-hydrogen) atoms. The van der Waals surface area contributed by atoms with Crippen LogP contribution in [0.1, 0.15) is 44.1 Å². The largest absolute Gasteiger partial charge is 0.493 e. The van der Waals surface area contributed by atoms with Crippen molar-refractivity contribution < 1.29 is 19.1 Å². The smallest absolute Gasteiger partial charge is 0.264 e.